The van der Waals surface area contributed by atoms with E-state index >= 15 is 0 Å². The minimum absolute atomic E-state index is 0.311. The normalized spacial score (nSPS) is 15.0. The van der Waals surface area contributed by atoms with Crippen LogP contribution in [0.3, 0.4) is 0 Å². The standard InChI is InChI=1S/C10H19NO.C8H7F3.C2H6O.CH4O/c1-4-9(12)11-7-5-10(2,3)6-8-11;1-6-3-2-4-7(5-6)8(9,10)11;1-3-2;1-2/h4-8H2,1-3H3;2-5H,1H3;1-2H3;2H,1H3. The molecule has 1 aromatic carbocycles. The minimum Gasteiger partial charge on any atom is -0.400 e. The van der Waals surface area contributed by atoms with Crippen molar-refractivity contribution in [3.63, 3.8) is 0 Å². The molecule has 1 heterocycles. The van der Waals surface area contributed by atoms with Crippen molar-refractivity contribution in [1.29, 1.82) is 0 Å². The van der Waals surface area contributed by atoms with Crippen LogP contribution in [0.5, 0.6) is 0 Å². The molecule has 1 aromatic rings. The number of hydrogen-bond acceptors (Lipinski definition) is 3. The second kappa shape index (κ2) is 14.4. The van der Waals surface area contributed by atoms with Crippen molar-refractivity contribution in [2.45, 2.75) is 53.1 Å². The highest BCUT2D eigenvalue weighted by Crippen LogP contribution is 2.30. The van der Waals surface area contributed by atoms with Gasteiger partial charge in [0.05, 0.1) is 5.56 Å². The zero-order valence-corrected chi connectivity index (χ0v) is 18.2. The molecule has 1 saturated heterocycles. The fourth-order valence-electron chi connectivity index (χ4n) is 2.41. The van der Waals surface area contributed by atoms with Gasteiger partial charge in [-0.2, -0.15) is 13.2 Å². The first-order valence-electron chi connectivity index (χ1n) is 9.23. The Hall–Kier alpha value is -1.60. The summed E-state index contributed by atoms with van der Waals surface area (Å²) in [7, 11) is 4.25. The predicted molar refractivity (Wildman–Crippen MR) is 107 cm³/mol. The molecule has 0 saturated carbocycles. The van der Waals surface area contributed by atoms with Crippen LogP contribution in [0.25, 0.3) is 0 Å². The number of carbonyl (C=O) groups excluding carboxylic acids is 1. The third-order valence-corrected chi connectivity index (χ3v) is 4.12. The van der Waals surface area contributed by atoms with E-state index in [1.54, 1.807) is 27.2 Å². The number of alkyl halides is 3. The van der Waals surface area contributed by atoms with Gasteiger partial charge in [0.2, 0.25) is 5.91 Å². The van der Waals surface area contributed by atoms with Crippen molar-refractivity contribution in [3.8, 4) is 0 Å². The Balaban J connectivity index is 0. The number of aryl methyl sites for hydroxylation is 1. The number of nitrogens with zero attached hydrogens (tertiary/aromatic N) is 1. The largest absolute Gasteiger partial charge is 0.416 e. The van der Waals surface area contributed by atoms with Crippen LogP contribution < -0.4 is 0 Å². The quantitative estimate of drug-likeness (QED) is 0.718. The lowest BCUT2D eigenvalue weighted by atomic mass is 9.82. The number of likely N-dealkylation sites (tertiary alicyclic amines) is 1. The van der Waals surface area contributed by atoms with Crippen molar-refractivity contribution >= 4 is 5.91 Å². The van der Waals surface area contributed by atoms with Crippen molar-refractivity contribution in [3.05, 3.63) is 35.4 Å². The second-order valence-electron chi connectivity index (χ2n) is 7.17. The van der Waals surface area contributed by atoms with Crippen LogP contribution in [0.4, 0.5) is 13.2 Å². The molecule has 0 unspecified atom stereocenters. The maximum atomic E-state index is 12.0. The van der Waals surface area contributed by atoms with Gasteiger partial charge in [0.25, 0.3) is 0 Å². The van der Waals surface area contributed by atoms with Gasteiger partial charge in [0.1, 0.15) is 0 Å². The van der Waals surface area contributed by atoms with Gasteiger partial charge in [-0.1, -0.05) is 44.5 Å². The Labute approximate surface area is 167 Å². The molecule has 1 fully saturated rings. The van der Waals surface area contributed by atoms with Crippen LogP contribution >= 0.6 is 0 Å². The number of ether oxygens (including phenoxy) is 1. The average molecular weight is 408 g/mol. The Bertz CT molecular complexity index is 536. The third-order valence-electron chi connectivity index (χ3n) is 4.12. The Morgan fingerprint density at radius 3 is 1.96 bits per heavy atom. The molecule has 0 aromatic heterocycles. The molecule has 7 heteroatoms. The fourth-order valence-corrected chi connectivity index (χ4v) is 2.41. The summed E-state index contributed by atoms with van der Waals surface area (Å²) < 4.78 is 40.2. The summed E-state index contributed by atoms with van der Waals surface area (Å²) >= 11 is 0. The highest BCUT2D eigenvalue weighted by molar-refractivity contribution is 5.75. The van der Waals surface area contributed by atoms with Crippen LogP contribution in [0.1, 0.15) is 51.2 Å². The van der Waals surface area contributed by atoms with E-state index in [2.05, 4.69) is 18.6 Å². The molecular weight excluding hydrogens is 371 g/mol. The molecule has 1 aliphatic rings. The van der Waals surface area contributed by atoms with Gasteiger partial charge in [-0.3, -0.25) is 4.79 Å². The molecule has 0 aliphatic carbocycles. The summed E-state index contributed by atoms with van der Waals surface area (Å²) in [5, 5.41) is 7.00. The lowest BCUT2D eigenvalue weighted by Gasteiger charge is -2.36. The highest BCUT2D eigenvalue weighted by Gasteiger charge is 2.30. The maximum absolute atomic E-state index is 12.0. The molecule has 2 rings (SSSR count). The zero-order chi connectivity index (χ0) is 22.4. The number of rotatable bonds is 1. The maximum Gasteiger partial charge on any atom is 0.416 e. The first-order chi connectivity index (χ1) is 13.0. The molecule has 4 nitrogen and oxygen atoms in total. The van der Waals surface area contributed by atoms with Gasteiger partial charge in [-0.15, -0.1) is 0 Å². The Morgan fingerprint density at radius 2 is 1.64 bits per heavy atom. The van der Waals surface area contributed by atoms with Crippen molar-refractivity contribution in [2.75, 3.05) is 34.4 Å². The molecule has 0 atom stereocenters. The zero-order valence-electron chi connectivity index (χ0n) is 18.2. The second-order valence-corrected chi connectivity index (χ2v) is 7.17. The number of benzene rings is 1. The van der Waals surface area contributed by atoms with E-state index in [1.165, 1.54) is 6.07 Å². The summed E-state index contributed by atoms with van der Waals surface area (Å²) in [4.78, 5) is 13.3. The molecule has 164 valence electrons. The Kier molecular flexibility index (Phi) is 14.7. The van der Waals surface area contributed by atoms with Gasteiger partial charge in [-0.05, 0) is 31.2 Å². The minimum atomic E-state index is -4.22. The number of halogens is 3. The number of aliphatic hydroxyl groups is 1. The first kappa shape index (κ1) is 28.6. The van der Waals surface area contributed by atoms with Crippen molar-refractivity contribution in [2.24, 2.45) is 5.41 Å². The fraction of sp³-hybridized carbons (Fsp3) is 0.667. The van der Waals surface area contributed by atoms with E-state index in [-0.39, 0.29) is 0 Å². The first-order valence-corrected chi connectivity index (χ1v) is 9.23. The van der Waals surface area contributed by atoms with E-state index < -0.39 is 11.7 Å². The summed E-state index contributed by atoms with van der Waals surface area (Å²) in [6, 6.07) is 5.22. The smallest absolute Gasteiger partial charge is 0.400 e. The summed E-state index contributed by atoms with van der Waals surface area (Å²) in [6.45, 7) is 10.0. The molecule has 1 N–H and O–H groups in total. The van der Waals surface area contributed by atoms with Gasteiger partial charge in [0, 0.05) is 40.8 Å². The van der Waals surface area contributed by atoms with Crippen molar-refractivity contribution < 1.29 is 27.8 Å². The van der Waals surface area contributed by atoms with E-state index in [0.29, 0.717) is 23.3 Å². The SMILES string of the molecule is CCC(=O)N1CCC(C)(C)CC1.CO.COC.Cc1cccc(C(F)(F)F)c1. The van der Waals surface area contributed by atoms with Crippen LogP contribution in [-0.4, -0.2) is 50.3 Å². The average Bonchev–Trinajstić information content (AvgIpc) is 2.63. The molecule has 1 amide bonds. The molecular formula is C21H36F3NO3. The number of methoxy groups -OCH3 is 1. The highest BCUT2D eigenvalue weighted by atomic mass is 19.4. The topological polar surface area (TPSA) is 49.8 Å². The van der Waals surface area contributed by atoms with E-state index in [4.69, 9.17) is 5.11 Å². The third kappa shape index (κ3) is 12.7. The van der Waals surface area contributed by atoms with Gasteiger partial charge >= 0.3 is 6.18 Å². The van der Waals surface area contributed by atoms with E-state index in [1.807, 2.05) is 11.8 Å². The lowest BCUT2D eigenvalue weighted by molar-refractivity contribution is -0.137. The molecule has 0 spiro atoms. The number of amides is 1. The number of hydrogen-bond donors (Lipinski definition) is 1. The summed E-state index contributed by atoms with van der Waals surface area (Å²) in [5.41, 5.74) is 0.488. The van der Waals surface area contributed by atoms with Gasteiger partial charge in [-0.25, -0.2) is 0 Å². The number of carbonyl (C=O) groups is 1. The van der Waals surface area contributed by atoms with E-state index in [0.717, 1.165) is 45.2 Å². The van der Waals surface area contributed by atoms with Gasteiger partial charge in [0.15, 0.2) is 0 Å². The Morgan fingerprint density at radius 1 is 1.18 bits per heavy atom. The van der Waals surface area contributed by atoms with Crippen LogP contribution in [0.2, 0.25) is 0 Å². The monoisotopic (exact) mass is 407 g/mol. The molecule has 0 bridgehead atoms. The van der Waals surface area contributed by atoms with Crippen LogP contribution in [0, 0.1) is 12.3 Å². The van der Waals surface area contributed by atoms with Crippen LogP contribution in [-0.2, 0) is 15.7 Å². The van der Waals surface area contributed by atoms with Crippen LogP contribution in [0.15, 0.2) is 24.3 Å². The summed E-state index contributed by atoms with van der Waals surface area (Å²) in [6.07, 6.45) is -1.26. The lowest BCUT2D eigenvalue weighted by Crippen LogP contribution is -2.40. The molecule has 28 heavy (non-hydrogen) atoms. The summed E-state index contributed by atoms with van der Waals surface area (Å²) in [5.74, 6) is 0.311. The number of piperidine rings is 1. The number of aliphatic hydroxyl groups excluding tert-OH is 1. The van der Waals surface area contributed by atoms with Gasteiger partial charge < -0.3 is 14.7 Å². The van der Waals surface area contributed by atoms with E-state index in [9.17, 15) is 18.0 Å². The molecule has 1 aliphatic heterocycles. The molecule has 0 radical (unpaired) electrons. The predicted octanol–water partition coefficient (Wildman–Crippen LogP) is 4.93. The van der Waals surface area contributed by atoms with Crippen molar-refractivity contribution in [1.82, 2.24) is 4.90 Å².